The first-order valence-electron chi connectivity index (χ1n) is 13.0. The summed E-state index contributed by atoms with van der Waals surface area (Å²) >= 11 is 0. The Kier molecular flexibility index (Phi) is 8.53. The summed E-state index contributed by atoms with van der Waals surface area (Å²) in [6, 6.07) is 5.57. The molecular formula is C28H40N4O6. The summed E-state index contributed by atoms with van der Waals surface area (Å²) in [5.41, 5.74) is -1.82. The minimum Gasteiger partial charge on any atom is -0.468 e. The van der Waals surface area contributed by atoms with E-state index >= 15 is 0 Å². The van der Waals surface area contributed by atoms with Gasteiger partial charge in [0.1, 0.15) is 28.8 Å². The molecule has 38 heavy (non-hydrogen) atoms. The van der Waals surface area contributed by atoms with Crippen molar-refractivity contribution in [3.8, 4) is 5.82 Å². The first-order chi connectivity index (χ1) is 17.7. The van der Waals surface area contributed by atoms with E-state index < -0.39 is 28.8 Å². The van der Waals surface area contributed by atoms with E-state index in [0.29, 0.717) is 30.8 Å². The molecule has 3 rings (SSSR count). The summed E-state index contributed by atoms with van der Waals surface area (Å²) < 4.78 is 18.0. The van der Waals surface area contributed by atoms with Crippen molar-refractivity contribution in [3.63, 3.8) is 0 Å². The molecule has 10 nitrogen and oxygen atoms in total. The topological polar surface area (TPSA) is 113 Å². The SMILES string of the molecule is CC[C@H](C[C@H]1CC1(C(=O)OC)c1cn(-c2ccccn2)cn1)CN(C(=O)OC(C)(C)C)C(=O)OC(C)(C)C. The van der Waals surface area contributed by atoms with Crippen LogP contribution in [0, 0.1) is 11.8 Å². The Labute approximate surface area is 224 Å². The van der Waals surface area contributed by atoms with Crippen molar-refractivity contribution >= 4 is 18.2 Å². The molecule has 1 saturated carbocycles. The summed E-state index contributed by atoms with van der Waals surface area (Å²) in [6.07, 6.45) is 5.47. The summed E-state index contributed by atoms with van der Waals surface area (Å²) in [5, 5.41) is 0. The zero-order chi connectivity index (χ0) is 28.3. The molecule has 208 valence electrons. The predicted molar refractivity (Wildman–Crippen MR) is 141 cm³/mol. The Morgan fingerprint density at radius 2 is 1.71 bits per heavy atom. The molecule has 0 radical (unpaired) electrons. The fourth-order valence-electron chi connectivity index (χ4n) is 4.54. The molecule has 2 aromatic rings. The normalized spacial score (nSPS) is 19.8. The predicted octanol–water partition coefficient (Wildman–Crippen LogP) is 5.29. The molecule has 0 saturated heterocycles. The van der Waals surface area contributed by atoms with Crippen LogP contribution in [0.25, 0.3) is 5.82 Å². The van der Waals surface area contributed by atoms with E-state index in [4.69, 9.17) is 14.2 Å². The second kappa shape index (κ2) is 11.1. The third kappa shape index (κ3) is 6.90. The highest BCUT2D eigenvalue weighted by Gasteiger charge is 2.63. The van der Waals surface area contributed by atoms with Crippen LogP contribution in [0.5, 0.6) is 0 Å². The number of nitrogens with zero attached hydrogens (tertiary/aromatic N) is 4. The smallest absolute Gasteiger partial charge is 0.419 e. The molecule has 3 atom stereocenters. The van der Waals surface area contributed by atoms with Crippen LogP contribution in [0.1, 0.15) is 73.4 Å². The van der Waals surface area contributed by atoms with Crippen LogP contribution in [-0.4, -0.2) is 62.4 Å². The van der Waals surface area contributed by atoms with Crippen molar-refractivity contribution in [2.24, 2.45) is 11.8 Å². The highest BCUT2D eigenvalue weighted by Crippen LogP contribution is 2.57. The first-order valence-corrected chi connectivity index (χ1v) is 13.0. The number of hydrogen-bond donors (Lipinski definition) is 0. The van der Waals surface area contributed by atoms with Crippen LogP contribution in [0.4, 0.5) is 9.59 Å². The van der Waals surface area contributed by atoms with Crippen LogP contribution in [0.2, 0.25) is 0 Å². The molecular weight excluding hydrogens is 488 g/mol. The first kappa shape index (κ1) is 29.1. The maximum Gasteiger partial charge on any atom is 0.419 e. The summed E-state index contributed by atoms with van der Waals surface area (Å²) in [4.78, 5) is 48.9. The summed E-state index contributed by atoms with van der Waals surface area (Å²) in [5.74, 6) is 0.190. The summed E-state index contributed by atoms with van der Waals surface area (Å²) in [6.45, 7) is 12.6. The van der Waals surface area contributed by atoms with E-state index in [-0.39, 0.29) is 24.3 Å². The number of rotatable bonds is 8. The fraction of sp³-hybridized carbons (Fsp3) is 0.607. The van der Waals surface area contributed by atoms with E-state index in [0.717, 1.165) is 4.90 Å². The lowest BCUT2D eigenvalue weighted by molar-refractivity contribution is -0.144. The molecule has 2 amide bonds. The monoisotopic (exact) mass is 528 g/mol. The van der Waals surface area contributed by atoms with Gasteiger partial charge in [-0.05, 0) is 78.4 Å². The number of ether oxygens (including phenoxy) is 3. The van der Waals surface area contributed by atoms with Gasteiger partial charge in [-0.25, -0.2) is 24.5 Å². The number of methoxy groups -OCH3 is 1. The molecule has 2 heterocycles. The molecule has 1 aliphatic rings. The van der Waals surface area contributed by atoms with Gasteiger partial charge in [0.15, 0.2) is 0 Å². The number of carbonyl (C=O) groups is 3. The van der Waals surface area contributed by atoms with Crippen LogP contribution in [-0.2, 0) is 24.4 Å². The Balaban J connectivity index is 1.81. The van der Waals surface area contributed by atoms with Crippen molar-refractivity contribution in [2.75, 3.05) is 13.7 Å². The van der Waals surface area contributed by atoms with Crippen molar-refractivity contribution in [1.82, 2.24) is 19.4 Å². The zero-order valence-electron chi connectivity index (χ0n) is 23.7. The molecule has 1 fully saturated rings. The van der Waals surface area contributed by atoms with Gasteiger partial charge in [0.25, 0.3) is 0 Å². The highest BCUT2D eigenvalue weighted by atomic mass is 16.6. The Bertz CT molecular complexity index is 1110. The lowest BCUT2D eigenvalue weighted by Gasteiger charge is -2.30. The molecule has 10 heteroatoms. The lowest BCUT2D eigenvalue weighted by Crippen LogP contribution is -2.45. The Morgan fingerprint density at radius 3 is 2.21 bits per heavy atom. The third-order valence-electron chi connectivity index (χ3n) is 6.47. The number of imide groups is 1. The number of amides is 2. The van der Waals surface area contributed by atoms with Gasteiger partial charge in [0.2, 0.25) is 0 Å². The maximum atomic E-state index is 13.0. The van der Waals surface area contributed by atoms with E-state index in [2.05, 4.69) is 9.97 Å². The minimum absolute atomic E-state index is 0.0638. The number of imidazole rings is 1. The van der Waals surface area contributed by atoms with Gasteiger partial charge < -0.3 is 14.2 Å². The number of hydrogen-bond acceptors (Lipinski definition) is 8. The molecule has 0 aromatic carbocycles. The number of esters is 1. The van der Waals surface area contributed by atoms with E-state index in [1.165, 1.54) is 7.11 Å². The second-order valence-corrected chi connectivity index (χ2v) is 11.8. The van der Waals surface area contributed by atoms with Crippen molar-refractivity contribution in [3.05, 3.63) is 42.6 Å². The van der Waals surface area contributed by atoms with E-state index in [9.17, 15) is 14.4 Å². The van der Waals surface area contributed by atoms with Gasteiger partial charge in [0, 0.05) is 18.9 Å². The summed E-state index contributed by atoms with van der Waals surface area (Å²) in [7, 11) is 1.37. The average Bonchev–Trinajstić information content (AvgIpc) is 3.32. The van der Waals surface area contributed by atoms with E-state index in [1.807, 2.05) is 31.3 Å². The molecule has 2 aromatic heterocycles. The van der Waals surface area contributed by atoms with Crippen molar-refractivity contribution in [1.29, 1.82) is 0 Å². The van der Waals surface area contributed by atoms with Crippen LogP contribution in [0.3, 0.4) is 0 Å². The van der Waals surface area contributed by atoms with Crippen molar-refractivity contribution in [2.45, 2.75) is 84.3 Å². The Hall–Kier alpha value is -3.43. The quantitative estimate of drug-likeness (QED) is 0.336. The molecule has 0 spiro atoms. The van der Waals surface area contributed by atoms with Gasteiger partial charge in [-0.15, -0.1) is 0 Å². The van der Waals surface area contributed by atoms with Gasteiger partial charge in [-0.1, -0.05) is 19.4 Å². The molecule has 0 bridgehead atoms. The molecule has 1 unspecified atom stereocenters. The average molecular weight is 529 g/mol. The van der Waals surface area contributed by atoms with Crippen LogP contribution >= 0.6 is 0 Å². The van der Waals surface area contributed by atoms with Gasteiger partial charge in [-0.3, -0.25) is 9.36 Å². The maximum absolute atomic E-state index is 13.0. The van der Waals surface area contributed by atoms with Crippen LogP contribution < -0.4 is 0 Å². The lowest BCUT2D eigenvalue weighted by atomic mass is 9.92. The molecule has 0 aliphatic heterocycles. The number of pyridine rings is 1. The number of aromatic nitrogens is 3. The Morgan fingerprint density at radius 1 is 1.08 bits per heavy atom. The fourth-order valence-corrected chi connectivity index (χ4v) is 4.54. The van der Waals surface area contributed by atoms with E-state index in [1.54, 1.807) is 58.6 Å². The minimum atomic E-state index is -0.884. The highest BCUT2D eigenvalue weighted by molar-refractivity contribution is 5.88. The van der Waals surface area contributed by atoms with Gasteiger partial charge in [0.05, 0.1) is 12.8 Å². The standard InChI is InChI=1S/C28H40N4O6/c1-9-19(16-32(24(34)37-26(2,3)4)25(35)38-27(5,6)7)14-20-15-28(20,23(33)36-8)21-17-31(18-30-21)22-12-10-11-13-29-22/h10-13,17-20H,9,14-16H2,1-8H3/t19-,20+,28?/m1/s1. The molecule has 1 aliphatic carbocycles. The number of carbonyl (C=O) groups excluding carboxylic acids is 3. The van der Waals surface area contributed by atoms with Gasteiger partial charge >= 0.3 is 18.2 Å². The zero-order valence-corrected chi connectivity index (χ0v) is 23.7. The van der Waals surface area contributed by atoms with Gasteiger partial charge in [-0.2, -0.15) is 0 Å². The molecule has 0 N–H and O–H groups in total. The largest absolute Gasteiger partial charge is 0.468 e. The second-order valence-electron chi connectivity index (χ2n) is 11.8. The van der Waals surface area contributed by atoms with Crippen molar-refractivity contribution < 1.29 is 28.6 Å². The van der Waals surface area contributed by atoms with Crippen LogP contribution in [0.15, 0.2) is 36.9 Å². The third-order valence-corrected chi connectivity index (χ3v) is 6.47.